The minimum atomic E-state index is -4.24. The average Bonchev–Trinajstić information content (AvgIpc) is 3.06. The van der Waals surface area contributed by atoms with Gasteiger partial charge in [-0.3, -0.25) is 0 Å². The van der Waals surface area contributed by atoms with Crippen LogP contribution in [-0.2, 0) is 15.5 Å². The van der Waals surface area contributed by atoms with Gasteiger partial charge in [0, 0.05) is 47.3 Å². The lowest BCUT2D eigenvalue weighted by atomic mass is 9.81. The van der Waals surface area contributed by atoms with E-state index in [4.69, 9.17) is 4.42 Å². The van der Waals surface area contributed by atoms with Crippen molar-refractivity contribution >= 4 is 44.6 Å². The van der Waals surface area contributed by atoms with Crippen LogP contribution >= 0.6 is 0 Å². The standard InChI is InChI=1S/C31H29NO5S/c1-31(2)26-13-7-8-14-27(26)32(17-9-10-18-38(34,35)36)29(31)16-15-24-20-25-19-22-11-5-3-4-6-12-23(22)21-28(25)37-30(24)33/h5,7-8,11,13-16,19-21H,3-4,9-10,17-18H2,1-2H3/b11-5-,16-15+. The number of para-hydroxylation sites is 1. The molecule has 0 bridgehead atoms. The number of benzene rings is 2. The van der Waals surface area contributed by atoms with Crippen molar-refractivity contribution in [2.45, 2.75) is 44.9 Å². The van der Waals surface area contributed by atoms with Crippen LogP contribution in [0.3, 0.4) is 0 Å². The quantitative estimate of drug-likeness (QED) is 0.136. The summed E-state index contributed by atoms with van der Waals surface area (Å²) in [5.41, 5.74) is 5.20. The van der Waals surface area contributed by atoms with Crippen LogP contribution in [0.15, 0.2) is 63.8 Å². The van der Waals surface area contributed by atoms with Crippen molar-refractivity contribution in [2.75, 3.05) is 12.3 Å². The number of allylic oxidation sites excluding steroid dienone is 2. The summed E-state index contributed by atoms with van der Waals surface area (Å²) in [6, 6.07) is 13.8. The normalized spacial score (nSPS) is 17.0. The van der Waals surface area contributed by atoms with Crippen LogP contribution in [0.5, 0.6) is 0 Å². The number of rotatable bonds is 7. The third kappa shape index (κ3) is 5.28. The fourth-order valence-electron chi connectivity index (χ4n) is 5.19. The molecule has 0 radical (unpaired) electrons. The zero-order chi connectivity index (χ0) is 26.9. The molecule has 194 valence electrons. The van der Waals surface area contributed by atoms with E-state index in [0.29, 0.717) is 30.5 Å². The smallest absolute Gasteiger partial charge is 0.343 e. The molecule has 1 aliphatic heterocycles. The fraction of sp³-hybridized carbons (Fsp3) is 0.290. The van der Waals surface area contributed by atoms with E-state index in [1.54, 1.807) is 6.08 Å². The minimum absolute atomic E-state index is 0.291. The van der Waals surface area contributed by atoms with Crippen molar-refractivity contribution < 1.29 is 22.0 Å². The molecule has 2 aliphatic rings. The van der Waals surface area contributed by atoms with E-state index in [1.807, 2.05) is 42.5 Å². The molecule has 0 spiro atoms. The van der Waals surface area contributed by atoms with Crippen molar-refractivity contribution in [3.63, 3.8) is 0 Å². The Kier molecular flexibility index (Phi) is 6.95. The van der Waals surface area contributed by atoms with Gasteiger partial charge in [-0.1, -0.05) is 42.2 Å². The molecule has 0 saturated carbocycles. The van der Waals surface area contributed by atoms with Crippen LogP contribution in [-0.4, -0.2) is 35.6 Å². The van der Waals surface area contributed by atoms with E-state index in [2.05, 4.69) is 48.5 Å². The molecule has 0 atom stereocenters. The highest BCUT2D eigenvalue weighted by Gasteiger charge is 2.43. The van der Waals surface area contributed by atoms with Gasteiger partial charge in [0.25, 0.3) is 0 Å². The van der Waals surface area contributed by atoms with Gasteiger partial charge in [0.2, 0.25) is 5.69 Å². The Hall–Kier alpha value is -3.73. The van der Waals surface area contributed by atoms with Gasteiger partial charge in [-0.2, -0.15) is 4.58 Å². The number of unbranched alkanes of at least 4 members (excludes halogenated alkanes) is 1. The lowest BCUT2D eigenvalue weighted by Crippen LogP contribution is -2.28. The van der Waals surface area contributed by atoms with Crippen molar-refractivity contribution in [3.8, 4) is 11.8 Å². The summed E-state index contributed by atoms with van der Waals surface area (Å²) in [5.74, 6) is 5.94. The third-order valence-corrected chi connectivity index (χ3v) is 7.92. The van der Waals surface area contributed by atoms with Crippen LogP contribution in [0.4, 0.5) is 5.69 Å². The molecule has 5 rings (SSSR count). The van der Waals surface area contributed by atoms with Crippen molar-refractivity contribution in [1.82, 2.24) is 0 Å². The van der Waals surface area contributed by atoms with Crippen LogP contribution in [0.25, 0.3) is 23.1 Å². The Balaban J connectivity index is 1.52. The Labute approximate surface area is 222 Å². The summed E-state index contributed by atoms with van der Waals surface area (Å²) in [6.07, 6.45) is 10.4. The predicted molar refractivity (Wildman–Crippen MR) is 150 cm³/mol. The van der Waals surface area contributed by atoms with E-state index in [0.717, 1.165) is 46.3 Å². The maximum atomic E-state index is 12.9. The van der Waals surface area contributed by atoms with Crippen molar-refractivity contribution in [2.24, 2.45) is 0 Å². The van der Waals surface area contributed by atoms with Gasteiger partial charge in [0.05, 0.1) is 21.1 Å². The molecule has 3 aromatic rings. The van der Waals surface area contributed by atoms with Crippen LogP contribution in [0.2, 0.25) is 0 Å². The first-order valence-corrected chi connectivity index (χ1v) is 14.3. The average molecular weight is 528 g/mol. The molecule has 0 N–H and O–H groups in total. The summed E-state index contributed by atoms with van der Waals surface area (Å²) in [4.78, 5) is 12.9. The van der Waals surface area contributed by atoms with Gasteiger partial charge in [-0.05, 0) is 56.5 Å². The van der Waals surface area contributed by atoms with Gasteiger partial charge in [-0.15, -0.1) is 0 Å². The van der Waals surface area contributed by atoms with Crippen LogP contribution in [0, 0.1) is 11.8 Å². The first-order chi connectivity index (χ1) is 18.1. The highest BCUT2D eigenvalue weighted by atomic mass is 32.2. The molecular weight excluding hydrogens is 498 g/mol. The first kappa shape index (κ1) is 25.9. The lowest BCUT2D eigenvalue weighted by Gasteiger charge is -2.15. The van der Waals surface area contributed by atoms with Gasteiger partial charge in [0.15, 0.2) is 5.71 Å². The van der Waals surface area contributed by atoms with Gasteiger partial charge >= 0.3 is 5.63 Å². The molecular formula is C31H29NO5S. The van der Waals surface area contributed by atoms with Gasteiger partial charge in [-0.25, -0.2) is 13.2 Å². The summed E-state index contributed by atoms with van der Waals surface area (Å²) in [5, 5.41) is 0.824. The Morgan fingerprint density at radius 2 is 1.95 bits per heavy atom. The molecule has 0 fully saturated rings. The Morgan fingerprint density at radius 1 is 1.13 bits per heavy atom. The highest BCUT2D eigenvalue weighted by Crippen LogP contribution is 2.40. The molecule has 6 nitrogen and oxygen atoms in total. The SMILES string of the molecule is CC1(C)C(/C=C/c2cc3cc4c(cc3oc2=O)C#CCC/C=C\4)=[N+](CCCCS(=O)(=O)[O-])c2ccccc21. The number of nitrogens with zero attached hydrogens (tertiary/aromatic N) is 1. The Bertz CT molecular complexity index is 1740. The topological polar surface area (TPSA) is 90.4 Å². The van der Waals surface area contributed by atoms with Crippen molar-refractivity contribution in [3.05, 3.63) is 87.3 Å². The largest absolute Gasteiger partial charge is 0.748 e. The Morgan fingerprint density at radius 3 is 2.76 bits per heavy atom. The third-order valence-electron chi connectivity index (χ3n) is 7.13. The molecule has 0 unspecified atom stereocenters. The van der Waals surface area contributed by atoms with Gasteiger partial charge < -0.3 is 8.97 Å². The maximum Gasteiger partial charge on any atom is 0.343 e. The zero-order valence-electron chi connectivity index (χ0n) is 21.5. The van der Waals surface area contributed by atoms with E-state index in [9.17, 15) is 17.8 Å². The van der Waals surface area contributed by atoms with E-state index < -0.39 is 15.7 Å². The van der Waals surface area contributed by atoms with Gasteiger partial charge in [0.1, 0.15) is 12.1 Å². The van der Waals surface area contributed by atoms with E-state index >= 15 is 0 Å². The fourth-order valence-corrected chi connectivity index (χ4v) is 5.74. The molecule has 0 saturated heterocycles. The van der Waals surface area contributed by atoms with Crippen molar-refractivity contribution in [1.29, 1.82) is 0 Å². The number of fused-ring (bicyclic) bond motifs is 3. The molecule has 2 heterocycles. The maximum absolute atomic E-state index is 12.9. The summed E-state index contributed by atoms with van der Waals surface area (Å²) in [6.45, 7) is 4.81. The van der Waals surface area contributed by atoms with Crippen LogP contribution < -0.4 is 5.63 Å². The molecule has 2 aromatic carbocycles. The highest BCUT2D eigenvalue weighted by molar-refractivity contribution is 7.85. The molecule has 1 aromatic heterocycles. The summed E-state index contributed by atoms with van der Waals surface area (Å²) < 4.78 is 41.0. The van der Waals surface area contributed by atoms with E-state index in [1.165, 1.54) is 0 Å². The number of hydrogen-bond donors (Lipinski definition) is 0. The number of hydrogen-bond acceptors (Lipinski definition) is 5. The molecule has 7 heteroatoms. The monoisotopic (exact) mass is 527 g/mol. The minimum Gasteiger partial charge on any atom is -0.748 e. The lowest BCUT2D eigenvalue weighted by molar-refractivity contribution is -0.438. The predicted octanol–water partition coefficient (Wildman–Crippen LogP) is 5.37. The zero-order valence-corrected chi connectivity index (χ0v) is 22.3. The second-order valence-electron chi connectivity index (χ2n) is 10.2. The second-order valence-corrected chi connectivity index (χ2v) is 11.7. The molecule has 1 aliphatic carbocycles. The van der Waals surface area contributed by atoms with E-state index in [-0.39, 0.29) is 11.2 Å². The van der Waals surface area contributed by atoms with Crippen LogP contribution in [0.1, 0.15) is 61.8 Å². The second kappa shape index (κ2) is 10.2. The summed E-state index contributed by atoms with van der Waals surface area (Å²) >= 11 is 0. The summed E-state index contributed by atoms with van der Waals surface area (Å²) in [7, 11) is -4.24. The molecule has 38 heavy (non-hydrogen) atoms. The first-order valence-electron chi connectivity index (χ1n) is 12.8. The molecule has 0 amide bonds.